The van der Waals surface area contributed by atoms with E-state index in [2.05, 4.69) is 25.3 Å². The molecule has 3 heterocycles. The van der Waals surface area contributed by atoms with Gasteiger partial charge in [-0.25, -0.2) is 4.98 Å². The molecule has 1 atom stereocenters. The van der Waals surface area contributed by atoms with E-state index >= 15 is 0 Å². The van der Waals surface area contributed by atoms with Crippen LogP contribution in [0.1, 0.15) is 30.3 Å². The summed E-state index contributed by atoms with van der Waals surface area (Å²) in [5.41, 5.74) is 1.73. The van der Waals surface area contributed by atoms with Crippen LogP contribution in [0.3, 0.4) is 0 Å². The van der Waals surface area contributed by atoms with Crippen molar-refractivity contribution in [2.24, 2.45) is 0 Å². The fraction of sp³-hybridized carbons (Fsp3) is 0.333. The van der Waals surface area contributed by atoms with Crippen LogP contribution in [0, 0.1) is 10.1 Å². The van der Waals surface area contributed by atoms with E-state index in [1.54, 1.807) is 30.5 Å². The van der Waals surface area contributed by atoms with Crippen LogP contribution in [0.15, 0.2) is 47.1 Å². The van der Waals surface area contributed by atoms with Gasteiger partial charge in [-0.3, -0.25) is 19.8 Å². The number of pyridine rings is 1. The number of nitro groups is 1. The molecule has 0 saturated carbocycles. The van der Waals surface area contributed by atoms with Crippen molar-refractivity contribution < 1.29 is 19.0 Å². The van der Waals surface area contributed by atoms with E-state index in [4.69, 9.17) is 9.26 Å². The molecule has 32 heavy (non-hydrogen) atoms. The van der Waals surface area contributed by atoms with E-state index in [-0.39, 0.29) is 24.2 Å². The van der Waals surface area contributed by atoms with E-state index in [1.807, 2.05) is 0 Å². The Morgan fingerprint density at radius 2 is 2.12 bits per heavy atom. The first kappa shape index (κ1) is 21.5. The average Bonchev–Trinajstić information content (AvgIpc) is 3.44. The highest BCUT2D eigenvalue weighted by molar-refractivity contribution is 5.90. The predicted molar refractivity (Wildman–Crippen MR) is 114 cm³/mol. The highest BCUT2D eigenvalue weighted by atomic mass is 16.6. The summed E-state index contributed by atoms with van der Waals surface area (Å²) >= 11 is 0. The first-order valence-electron chi connectivity index (χ1n) is 10.1. The minimum atomic E-state index is -0.405. The number of aromatic nitrogens is 3. The van der Waals surface area contributed by atoms with Gasteiger partial charge in [-0.15, -0.1) is 0 Å². The van der Waals surface area contributed by atoms with E-state index in [0.717, 1.165) is 24.9 Å². The van der Waals surface area contributed by atoms with Gasteiger partial charge >= 0.3 is 0 Å². The van der Waals surface area contributed by atoms with Crippen molar-refractivity contribution >= 4 is 17.4 Å². The van der Waals surface area contributed by atoms with Crippen molar-refractivity contribution in [2.75, 3.05) is 25.6 Å². The zero-order valence-corrected chi connectivity index (χ0v) is 17.4. The highest BCUT2D eigenvalue weighted by Gasteiger charge is 2.31. The Morgan fingerprint density at radius 3 is 2.81 bits per heavy atom. The zero-order chi connectivity index (χ0) is 22.5. The maximum Gasteiger partial charge on any atom is 0.269 e. The number of carbonyl (C=O) groups excluding carboxylic acids is 1. The lowest BCUT2D eigenvalue weighted by Crippen LogP contribution is -2.23. The summed E-state index contributed by atoms with van der Waals surface area (Å²) in [6, 6.07) is 9.96. The van der Waals surface area contributed by atoms with E-state index in [0.29, 0.717) is 29.6 Å². The van der Waals surface area contributed by atoms with Gasteiger partial charge in [0.05, 0.1) is 11.0 Å². The Kier molecular flexibility index (Phi) is 6.47. The van der Waals surface area contributed by atoms with Gasteiger partial charge in [-0.2, -0.15) is 4.98 Å². The Bertz CT molecular complexity index is 1080. The van der Waals surface area contributed by atoms with Crippen LogP contribution < -0.4 is 5.32 Å². The molecule has 0 unspecified atom stereocenters. The molecular weight excluding hydrogens is 416 g/mol. The van der Waals surface area contributed by atoms with Gasteiger partial charge in [0.1, 0.15) is 12.4 Å². The van der Waals surface area contributed by atoms with Gasteiger partial charge in [0, 0.05) is 37.5 Å². The Labute approximate surface area is 183 Å². The molecule has 3 aromatic rings. The van der Waals surface area contributed by atoms with Crippen LogP contribution >= 0.6 is 0 Å². The minimum absolute atomic E-state index is 0.0213. The zero-order valence-electron chi connectivity index (χ0n) is 17.4. The molecule has 4 rings (SSSR count). The van der Waals surface area contributed by atoms with Gasteiger partial charge < -0.3 is 14.6 Å². The van der Waals surface area contributed by atoms with Gasteiger partial charge in [0.15, 0.2) is 0 Å². The van der Waals surface area contributed by atoms with Crippen molar-refractivity contribution in [3.63, 3.8) is 0 Å². The van der Waals surface area contributed by atoms with Gasteiger partial charge in [-0.1, -0.05) is 17.3 Å². The maximum absolute atomic E-state index is 11.6. The molecule has 166 valence electrons. The predicted octanol–water partition coefficient (Wildman–Crippen LogP) is 2.96. The summed E-state index contributed by atoms with van der Waals surface area (Å²) in [6.07, 6.45) is 3.45. The van der Waals surface area contributed by atoms with Crippen LogP contribution in [0.4, 0.5) is 11.5 Å². The van der Waals surface area contributed by atoms with Gasteiger partial charge in [-0.05, 0) is 37.1 Å². The smallest absolute Gasteiger partial charge is 0.269 e. The molecule has 1 fully saturated rings. The summed E-state index contributed by atoms with van der Waals surface area (Å²) in [7, 11) is 1.45. The second-order valence-electron chi connectivity index (χ2n) is 7.42. The van der Waals surface area contributed by atoms with Crippen molar-refractivity contribution in [1.82, 2.24) is 20.0 Å². The number of carbonyl (C=O) groups is 1. The lowest BCUT2D eigenvalue weighted by molar-refractivity contribution is -0.384. The van der Waals surface area contributed by atoms with Crippen LogP contribution in [0.2, 0.25) is 0 Å². The number of hydrogen-bond acceptors (Lipinski definition) is 9. The number of amides is 1. The molecule has 11 nitrogen and oxygen atoms in total. The molecule has 0 spiro atoms. The quantitative estimate of drug-likeness (QED) is 0.415. The number of benzene rings is 1. The van der Waals surface area contributed by atoms with Crippen molar-refractivity contribution in [3.8, 4) is 11.4 Å². The lowest BCUT2D eigenvalue weighted by Gasteiger charge is -2.21. The number of likely N-dealkylation sites (tertiary alicyclic amines) is 1. The molecule has 1 N–H and O–H groups in total. The minimum Gasteiger partial charge on any atom is -0.375 e. The monoisotopic (exact) mass is 438 g/mol. The second-order valence-corrected chi connectivity index (χ2v) is 7.42. The van der Waals surface area contributed by atoms with Crippen molar-refractivity contribution in [2.45, 2.75) is 25.4 Å². The number of nitro benzene ring substituents is 1. The van der Waals surface area contributed by atoms with Crippen LogP contribution in [0.5, 0.6) is 0 Å². The Morgan fingerprint density at radius 1 is 1.31 bits per heavy atom. The molecule has 0 aliphatic carbocycles. The molecule has 1 saturated heterocycles. The van der Waals surface area contributed by atoms with Crippen molar-refractivity contribution in [1.29, 1.82) is 0 Å². The van der Waals surface area contributed by atoms with E-state index < -0.39 is 4.92 Å². The molecule has 0 radical (unpaired) electrons. The topological polar surface area (TPSA) is 137 Å². The normalized spacial score (nSPS) is 16.2. The highest BCUT2D eigenvalue weighted by Crippen LogP contribution is 2.33. The fourth-order valence-corrected chi connectivity index (χ4v) is 3.65. The lowest BCUT2D eigenvalue weighted by atomic mass is 10.1. The number of nitrogens with zero attached hydrogens (tertiary/aromatic N) is 5. The standard InChI is InChI=1S/C21H22N6O5/c1-31-13-19(28)23-18-9-6-15(11-22-18)20-24-21(32-25-20)17-3-2-10-26(17)12-14-4-7-16(8-5-14)27(29)30/h4-9,11,17H,2-3,10,12-13H2,1H3,(H,22,23,28)/t17-/m0/s1. The number of methoxy groups -OCH3 is 1. The summed E-state index contributed by atoms with van der Waals surface area (Å²) < 4.78 is 10.3. The Hall–Kier alpha value is -3.70. The van der Waals surface area contributed by atoms with Crippen LogP contribution in [0.25, 0.3) is 11.4 Å². The first-order chi connectivity index (χ1) is 15.5. The number of non-ortho nitro benzene ring substituents is 1. The molecule has 11 heteroatoms. The van der Waals surface area contributed by atoms with E-state index in [1.165, 1.54) is 19.2 Å². The molecule has 0 bridgehead atoms. The summed E-state index contributed by atoms with van der Waals surface area (Å²) in [6.45, 7) is 1.46. The number of nitrogens with one attached hydrogen (secondary N) is 1. The summed E-state index contributed by atoms with van der Waals surface area (Å²) in [5.74, 6) is 1.06. The third-order valence-corrected chi connectivity index (χ3v) is 5.19. The van der Waals surface area contributed by atoms with Crippen LogP contribution in [-0.4, -0.2) is 51.1 Å². The summed E-state index contributed by atoms with van der Waals surface area (Å²) in [5, 5.41) is 17.6. The number of hydrogen-bond donors (Lipinski definition) is 1. The fourth-order valence-electron chi connectivity index (χ4n) is 3.65. The molecule has 1 amide bonds. The van der Waals surface area contributed by atoms with Crippen LogP contribution in [-0.2, 0) is 16.1 Å². The average molecular weight is 438 g/mol. The van der Waals surface area contributed by atoms with Crippen molar-refractivity contribution in [3.05, 3.63) is 64.2 Å². The third-order valence-electron chi connectivity index (χ3n) is 5.19. The summed E-state index contributed by atoms with van der Waals surface area (Å²) in [4.78, 5) is 33.0. The molecule has 2 aromatic heterocycles. The first-order valence-corrected chi connectivity index (χ1v) is 10.1. The number of rotatable bonds is 8. The molecule has 1 aromatic carbocycles. The van der Waals surface area contributed by atoms with E-state index in [9.17, 15) is 14.9 Å². The SMILES string of the molecule is COCC(=O)Nc1ccc(-c2noc([C@@H]3CCCN3Cc3ccc([N+](=O)[O-])cc3)n2)cn1. The largest absolute Gasteiger partial charge is 0.375 e. The number of anilines is 1. The van der Waals surface area contributed by atoms with Gasteiger partial charge in [0.2, 0.25) is 11.7 Å². The third kappa shape index (κ3) is 4.95. The molecule has 1 aliphatic heterocycles. The maximum atomic E-state index is 11.6. The number of ether oxygens (including phenoxy) is 1. The molecule has 1 aliphatic rings. The molecular formula is C21H22N6O5. The second kappa shape index (κ2) is 9.62. The Balaban J connectivity index is 1.43. The van der Waals surface area contributed by atoms with Gasteiger partial charge in [0.25, 0.3) is 11.6 Å².